The van der Waals surface area contributed by atoms with Gasteiger partial charge in [-0.3, -0.25) is 9.59 Å². The summed E-state index contributed by atoms with van der Waals surface area (Å²) in [6, 6.07) is 50.4. The molecule has 0 spiro atoms. The molecule has 0 aliphatic heterocycles. The molecule has 8 heteroatoms. The maximum absolute atomic E-state index is 13.6. The summed E-state index contributed by atoms with van der Waals surface area (Å²) in [6.07, 6.45) is 0. The molecule has 0 unspecified atom stereocenters. The van der Waals surface area contributed by atoms with Crippen molar-refractivity contribution in [2.75, 3.05) is 9.80 Å². The molecule has 1 aliphatic rings. The van der Waals surface area contributed by atoms with E-state index in [1.54, 1.807) is 0 Å². The van der Waals surface area contributed by atoms with Crippen LogP contribution in [-0.2, 0) is 35.8 Å². The molecule has 0 bridgehead atoms. The van der Waals surface area contributed by atoms with Gasteiger partial charge in [0.05, 0.1) is 0 Å². The number of benzene rings is 6. The number of nitrogens with zero attached hydrogens (tertiary/aromatic N) is 2. The zero-order valence-electron chi connectivity index (χ0n) is 28.1. The lowest BCUT2D eigenvalue weighted by atomic mass is 9.66. The number of halogens is 4. The van der Waals surface area contributed by atoms with Crippen molar-refractivity contribution in [3.8, 4) is 0 Å². The third-order valence-electron chi connectivity index (χ3n) is 9.47. The van der Waals surface area contributed by atoms with E-state index in [1.807, 2.05) is 48.5 Å². The minimum atomic E-state index is -0.724. The van der Waals surface area contributed by atoms with Crippen LogP contribution in [0.25, 0.3) is 0 Å². The normalized spacial score (nSPS) is 15.3. The number of hydrogen-bond acceptors (Lipinski definition) is 4. The molecule has 7 rings (SSSR count). The second-order valence-electron chi connectivity index (χ2n) is 13.1. The molecule has 0 amide bonds. The van der Waals surface area contributed by atoms with E-state index >= 15 is 0 Å². The highest BCUT2D eigenvalue weighted by molar-refractivity contribution is 14.1. The Bertz CT molecular complexity index is 1890. The standard InChI is InChI=1S/C44H34I4N2O2/c45-35-13-1-29(2-14-35)25-49(26-30-3-15-36(46)16-4-30)39-21-9-33(10-22-39)41-43(51)42(44(41)52)34-11-23-40(24-12-34)50(27-31-5-17-37(47)18-6-31)28-32-7-19-38(48)20-8-32/h1-24,41-42H,25-28H2. The zero-order chi connectivity index (χ0) is 36.2. The van der Waals surface area contributed by atoms with Crippen LogP contribution in [-0.4, -0.2) is 11.6 Å². The van der Waals surface area contributed by atoms with Gasteiger partial charge in [0.2, 0.25) is 0 Å². The van der Waals surface area contributed by atoms with Crippen molar-refractivity contribution < 1.29 is 9.59 Å². The fourth-order valence-electron chi connectivity index (χ4n) is 6.65. The van der Waals surface area contributed by atoms with E-state index in [-0.39, 0.29) is 11.6 Å². The first-order valence-electron chi connectivity index (χ1n) is 17.0. The van der Waals surface area contributed by atoms with Crippen molar-refractivity contribution in [2.45, 2.75) is 38.0 Å². The van der Waals surface area contributed by atoms with Crippen LogP contribution in [0, 0.1) is 14.3 Å². The lowest BCUT2D eigenvalue weighted by Gasteiger charge is -2.33. The molecule has 0 radical (unpaired) electrons. The Hall–Kier alpha value is -2.82. The van der Waals surface area contributed by atoms with E-state index in [0.29, 0.717) is 0 Å². The monoisotopic (exact) mass is 1130 g/mol. The van der Waals surface area contributed by atoms with Crippen molar-refractivity contribution >= 4 is 113 Å². The van der Waals surface area contributed by atoms with Gasteiger partial charge in [-0.25, -0.2) is 0 Å². The molecule has 52 heavy (non-hydrogen) atoms. The van der Waals surface area contributed by atoms with Gasteiger partial charge in [0.1, 0.15) is 11.8 Å². The molecule has 0 heterocycles. The van der Waals surface area contributed by atoms with Crippen molar-refractivity contribution in [1.29, 1.82) is 0 Å². The van der Waals surface area contributed by atoms with Crippen LogP contribution in [0.5, 0.6) is 0 Å². The van der Waals surface area contributed by atoms with Crippen molar-refractivity contribution in [3.63, 3.8) is 0 Å². The quantitative estimate of drug-likeness (QED) is 0.0904. The number of rotatable bonds is 12. The van der Waals surface area contributed by atoms with Crippen molar-refractivity contribution in [1.82, 2.24) is 0 Å². The molecule has 1 saturated carbocycles. The van der Waals surface area contributed by atoms with E-state index in [1.165, 1.54) is 36.5 Å². The Kier molecular flexibility index (Phi) is 12.3. The third-order valence-corrected chi connectivity index (χ3v) is 12.3. The van der Waals surface area contributed by atoms with E-state index < -0.39 is 11.8 Å². The summed E-state index contributed by atoms with van der Waals surface area (Å²) >= 11 is 9.32. The maximum Gasteiger partial charge on any atom is 0.162 e. The Morgan fingerprint density at radius 1 is 0.346 bits per heavy atom. The van der Waals surface area contributed by atoms with Crippen LogP contribution in [0.1, 0.15) is 45.2 Å². The average molecular weight is 1130 g/mol. The molecule has 1 fully saturated rings. The molecule has 0 atom stereocenters. The Morgan fingerprint density at radius 3 is 0.808 bits per heavy atom. The Balaban J connectivity index is 1.06. The molecule has 0 saturated heterocycles. The smallest absolute Gasteiger partial charge is 0.162 e. The number of anilines is 2. The summed E-state index contributed by atoms with van der Waals surface area (Å²) in [7, 11) is 0. The summed E-state index contributed by atoms with van der Waals surface area (Å²) in [5.41, 5.74) is 8.51. The number of carbonyl (C=O) groups excluding carboxylic acids is 2. The van der Waals surface area contributed by atoms with Crippen LogP contribution in [0.15, 0.2) is 146 Å². The minimum Gasteiger partial charge on any atom is -0.363 e. The predicted molar refractivity (Wildman–Crippen MR) is 245 cm³/mol. The van der Waals surface area contributed by atoms with Gasteiger partial charge in [-0.05, 0) is 197 Å². The topological polar surface area (TPSA) is 40.6 Å². The first kappa shape index (κ1) is 37.5. The highest BCUT2D eigenvalue weighted by atomic mass is 127. The van der Waals surface area contributed by atoms with Crippen LogP contribution >= 0.6 is 90.4 Å². The molecule has 0 aromatic heterocycles. The molecular formula is C44H34I4N2O2. The average Bonchev–Trinajstić information content (AvgIpc) is 3.15. The Labute approximate surface area is 360 Å². The van der Waals surface area contributed by atoms with Gasteiger partial charge in [-0.1, -0.05) is 72.8 Å². The molecule has 260 valence electrons. The van der Waals surface area contributed by atoms with Crippen molar-refractivity contribution in [3.05, 3.63) is 193 Å². The molecule has 0 N–H and O–H groups in total. The lowest BCUT2D eigenvalue weighted by molar-refractivity contribution is -0.142. The van der Waals surface area contributed by atoms with Gasteiger partial charge in [0.15, 0.2) is 11.6 Å². The lowest BCUT2D eigenvalue weighted by Crippen LogP contribution is -2.44. The SMILES string of the molecule is O=C1C(c2ccc(N(Cc3ccc(I)cc3)Cc3ccc(I)cc3)cc2)C(=O)C1c1ccc(N(Cc2ccc(I)cc2)Cc2ccc(I)cc2)cc1. The first-order valence-corrected chi connectivity index (χ1v) is 21.3. The van der Waals surface area contributed by atoms with Gasteiger partial charge in [-0.15, -0.1) is 0 Å². The summed E-state index contributed by atoms with van der Waals surface area (Å²) in [5.74, 6) is -1.51. The number of carbonyl (C=O) groups is 2. The van der Waals surface area contributed by atoms with E-state index in [0.717, 1.165) is 48.7 Å². The van der Waals surface area contributed by atoms with E-state index in [4.69, 9.17) is 0 Å². The first-order chi connectivity index (χ1) is 25.2. The Morgan fingerprint density at radius 2 is 0.577 bits per heavy atom. The molecule has 4 nitrogen and oxygen atoms in total. The predicted octanol–water partition coefficient (Wildman–Crippen LogP) is 11.5. The summed E-state index contributed by atoms with van der Waals surface area (Å²) in [6.45, 7) is 2.98. The van der Waals surface area contributed by atoms with Crippen LogP contribution in [0.3, 0.4) is 0 Å². The van der Waals surface area contributed by atoms with Crippen LogP contribution < -0.4 is 9.80 Å². The fraction of sp³-hybridized carbons (Fsp3) is 0.136. The van der Waals surface area contributed by atoms with Crippen LogP contribution in [0.2, 0.25) is 0 Å². The minimum absolute atomic E-state index is 0.0326. The van der Waals surface area contributed by atoms with Gasteiger partial charge in [0, 0.05) is 51.8 Å². The van der Waals surface area contributed by atoms with Gasteiger partial charge >= 0.3 is 0 Å². The molecular weight excluding hydrogens is 1100 g/mol. The number of ketones is 2. The number of Topliss-reactive ketones (excluding diaryl/α,β-unsaturated/α-hetero) is 2. The maximum atomic E-state index is 13.6. The van der Waals surface area contributed by atoms with Crippen molar-refractivity contribution in [2.24, 2.45) is 0 Å². The summed E-state index contributed by atoms with van der Waals surface area (Å²) < 4.78 is 4.82. The summed E-state index contributed by atoms with van der Waals surface area (Å²) in [4.78, 5) is 32.0. The summed E-state index contributed by atoms with van der Waals surface area (Å²) in [5, 5.41) is 0. The highest BCUT2D eigenvalue weighted by Gasteiger charge is 2.50. The van der Waals surface area contributed by atoms with Gasteiger partial charge < -0.3 is 9.80 Å². The van der Waals surface area contributed by atoms with E-state index in [2.05, 4.69) is 197 Å². The highest BCUT2D eigenvalue weighted by Crippen LogP contribution is 2.42. The molecule has 6 aromatic rings. The zero-order valence-corrected chi connectivity index (χ0v) is 36.7. The molecule has 1 aliphatic carbocycles. The second kappa shape index (κ2) is 17.1. The van der Waals surface area contributed by atoms with Gasteiger partial charge in [-0.2, -0.15) is 0 Å². The third kappa shape index (κ3) is 9.09. The van der Waals surface area contributed by atoms with E-state index in [9.17, 15) is 9.59 Å². The largest absolute Gasteiger partial charge is 0.363 e. The van der Waals surface area contributed by atoms with Crippen LogP contribution in [0.4, 0.5) is 11.4 Å². The van der Waals surface area contributed by atoms with Gasteiger partial charge in [0.25, 0.3) is 0 Å². The fourth-order valence-corrected chi connectivity index (χ4v) is 8.09. The molecule has 6 aromatic carbocycles. The number of hydrogen-bond donors (Lipinski definition) is 0. The second-order valence-corrected chi connectivity index (χ2v) is 18.1.